The number of fused-ring (bicyclic) bond motifs is 2. The molecule has 3 atom stereocenters. The van der Waals surface area contributed by atoms with Crippen LogP contribution < -0.4 is 14.8 Å². The lowest BCUT2D eigenvalue weighted by molar-refractivity contribution is -0.123. The summed E-state index contributed by atoms with van der Waals surface area (Å²) in [6, 6.07) is 6.91. The van der Waals surface area contributed by atoms with E-state index in [0.717, 1.165) is 5.56 Å². The number of hydrogen-bond donors (Lipinski definition) is 1. The van der Waals surface area contributed by atoms with Gasteiger partial charge in [-0.3, -0.25) is 4.79 Å². The van der Waals surface area contributed by atoms with Gasteiger partial charge in [-0.05, 0) is 43.2 Å². The summed E-state index contributed by atoms with van der Waals surface area (Å²) in [6.45, 7) is 1.93. The molecule has 1 saturated carbocycles. The fraction of sp³-hybridized carbons (Fsp3) is 0.400. The first kappa shape index (κ1) is 17.7. The minimum Gasteiger partial charge on any atom is -0.492 e. The molecule has 5 nitrogen and oxygen atoms in total. The molecule has 1 aliphatic heterocycles. The molecule has 2 aliphatic rings. The van der Waals surface area contributed by atoms with Crippen LogP contribution in [-0.2, 0) is 10.2 Å². The van der Waals surface area contributed by atoms with Crippen molar-refractivity contribution >= 4 is 5.91 Å². The van der Waals surface area contributed by atoms with Crippen molar-refractivity contribution in [3.63, 3.8) is 0 Å². The summed E-state index contributed by atoms with van der Waals surface area (Å²) in [6.07, 6.45) is 2.07. The molecule has 1 aromatic carbocycles. The van der Waals surface area contributed by atoms with Gasteiger partial charge in [-0.1, -0.05) is 0 Å². The monoisotopic (exact) mass is 374 g/mol. The molecule has 2 aromatic rings. The Balaban J connectivity index is 1.46. The molecule has 7 heteroatoms. The maximum absolute atomic E-state index is 13.6. The number of ether oxygens (including phenoxy) is 2. The van der Waals surface area contributed by atoms with E-state index in [1.54, 1.807) is 18.2 Å². The maximum atomic E-state index is 13.6. The second-order valence-electron chi connectivity index (χ2n) is 6.92. The van der Waals surface area contributed by atoms with Crippen molar-refractivity contribution in [2.24, 2.45) is 5.92 Å². The first-order valence-corrected chi connectivity index (χ1v) is 8.95. The summed E-state index contributed by atoms with van der Waals surface area (Å²) in [7, 11) is 0. The molecule has 0 bridgehead atoms. The number of rotatable bonds is 6. The van der Waals surface area contributed by atoms with Crippen LogP contribution in [0.4, 0.5) is 8.78 Å². The zero-order valence-corrected chi connectivity index (χ0v) is 14.9. The number of carbonyl (C=O) groups excluding carboxylic acids is 1. The molecule has 27 heavy (non-hydrogen) atoms. The number of nitrogens with zero attached hydrogens (tertiary/aromatic N) is 1. The standard InChI is InChI=1S/C20H20F2N2O3/c1-2-26-18-6-3-12(10-23-18)16(9-21)24-19(25)15-8-20(15)11-27-17-5-4-13(22)7-14(17)20/h3-7,10,15-16H,2,8-9,11H2,1H3,(H,24,25)/t15?,16-,20?/m0/s1. The first-order valence-electron chi connectivity index (χ1n) is 8.95. The average molecular weight is 374 g/mol. The van der Waals surface area contributed by atoms with E-state index in [4.69, 9.17) is 9.47 Å². The number of benzene rings is 1. The predicted octanol–water partition coefficient (Wildman–Crippen LogP) is 3.10. The molecule has 0 radical (unpaired) electrons. The highest BCUT2D eigenvalue weighted by Crippen LogP contribution is 2.60. The number of hydrogen-bond acceptors (Lipinski definition) is 4. The van der Waals surface area contributed by atoms with Crippen LogP contribution in [0.3, 0.4) is 0 Å². The van der Waals surface area contributed by atoms with E-state index in [-0.39, 0.29) is 17.6 Å². The zero-order chi connectivity index (χ0) is 19.0. The van der Waals surface area contributed by atoms with E-state index in [9.17, 15) is 13.6 Å². The lowest BCUT2D eigenvalue weighted by atomic mass is 9.95. The first-order chi connectivity index (χ1) is 13.1. The van der Waals surface area contributed by atoms with Gasteiger partial charge in [0, 0.05) is 23.2 Å². The third-order valence-electron chi connectivity index (χ3n) is 5.28. The summed E-state index contributed by atoms with van der Waals surface area (Å²) in [5.74, 6) is 0.0989. The smallest absolute Gasteiger partial charge is 0.224 e. The second-order valence-corrected chi connectivity index (χ2v) is 6.92. The topological polar surface area (TPSA) is 60.5 Å². The van der Waals surface area contributed by atoms with Crippen molar-refractivity contribution < 1.29 is 23.0 Å². The quantitative estimate of drug-likeness (QED) is 0.844. The van der Waals surface area contributed by atoms with Gasteiger partial charge in [0.15, 0.2) is 0 Å². The largest absolute Gasteiger partial charge is 0.492 e. The predicted molar refractivity (Wildman–Crippen MR) is 93.9 cm³/mol. The Labute approximate surface area is 155 Å². The van der Waals surface area contributed by atoms with Crippen LogP contribution in [0.2, 0.25) is 0 Å². The summed E-state index contributed by atoms with van der Waals surface area (Å²) < 4.78 is 38.1. The van der Waals surface area contributed by atoms with Crippen LogP contribution >= 0.6 is 0 Å². The Morgan fingerprint density at radius 3 is 3.00 bits per heavy atom. The van der Waals surface area contributed by atoms with E-state index < -0.39 is 18.1 Å². The van der Waals surface area contributed by atoms with Crippen molar-refractivity contribution in [1.82, 2.24) is 10.3 Å². The lowest BCUT2D eigenvalue weighted by Crippen LogP contribution is -2.33. The van der Waals surface area contributed by atoms with Gasteiger partial charge in [0.2, 0.25) is 11.8 Å². The van der Waals surface area contributed by atoms with Gasteiger partial charge in [0.25, 0.3) is 0 Å². The number of aromatic nitrogens is 1. The van der Waals surface area contributed by atoms with Crippen molar-refractivity contribution in [1.29, 1.82) is 0 Å². The van der Waals surface area contributed by atoms with Gasteiger partial charge >= 0.3 is 0 Å². The van der Waals surface area contributed by atoms with Gasteiger partial charge in [0.1, 0.15) is 18.2 Å². The van der Waals surface area contributed by atoms with Crippen molar-refractivity contribution in [2.75, 3.05) is 19.9 Å². The summed E-state index contributed by atoms with van der Waals surface area (Å²) in [5.41, 5.74) is 0.791. The van der Waals surface area contributed by atoms with Crippen LogP contribution in [0.1, 0.15) is 30.5 Å². The zero-order valence-electron chi connectivity index (χ0n) is 14.9. The van der Waals surface area contributed by atoms with Crippen molar-refractivity contribution in [3.05, 3.63) is 53.5 Å². The summed E-state index contributed by atoms with van der Waals surface area (Å²) >= 11 is 0. The van der Waals surface area contributed by atoms with Crippen LogP contribution in [-0.4, -0.2) is 30.8 Å². The Bertz CT molecular complexity index is 859. The molecule has 2 heterocycles. The van der Waals surface area contributed by atoms with Crippen LogP contribution in [0.25, 0.3) is 0 Å². The molecule has 2 unspecified atom stereocenters. The SMILES string of the molecule is CCOc1ccc([C@H](CF)NC(=O)C2CC23COc2ccc(F)cc23)cn1. The molecular weight excluding hydrogens is 354 g/mol. The highest BCUT2D eigenvalue weighted by molar-refractivity contribution is 5.85. The number of pyridine rings is 1. The molecule has 1 aromatic heterocycles. The van der Waals surface area contributed by atoms with Gasteiger partial charge in [0.05, 0.1) is 25.2 Å². The third-order valence-corrected chi connectivity index (χ3v) is 5.28. The normalized spacial score (nSPS) is 23.4. The van der Waals surface area contributed by atoms with Gasteiger partial charge in [-0.2, -0.15) is 0 Å². The fourth-order valence-corrected chi connectivity index (χ4v) is 3.72. The van der Waals surface area contributed by atoms with Crippen molar-refractivity contribution in [2.45, 2.75) is 24.8 Å². The molecule has 1 amide bonds. The van der Waals surface area contributed by atoms with Crippen LogP contribution in [0.15, 0.2) is 36.5 Å². The second kappa shape index (κ2) is 6.79. The third kappa shape index (κ3) is 3.11. The minimum absolute atomic E-state index is 0.257. The molecule has 1 spiro atoms. The van der Waals surface area contributed by atoms with Crippen LogP contribution in [0, 0.1) is 11.7 Å². The molecule has 1 N–H and O–H groups in total. The Morgan fingerprint density at radius 1 is 1.44 bits per heavy atom. The van der Waals surface area contributed by atoms with E-state index in [0.29, 0.717) is 36.8 Å². The number of alkyl halides is 1. The minimum atomic E-state index is -0.785. The fourth-order valence-electron chi connectivity index (χ4n) is 3.72. The van der Waals surface area contributed by atoms with Gasteiger partial charge < -0.3 is 14.8 Å². The van der Waals surface area contributed by atoms with E-state index in [1.165, 1.54) is 18.3 Å². The number of carbonyl (C=O) groups is 1. The van der Waals surface area contributed by atoms with Crippen LogP contribution in [0.5, 0.6) is 11.6 Å². The van der Waals surface area contributed by atoms with Gasteiger partial charge in [-0.15, -0.1) is 0 Å². The summed E-state index contributed by atoms with van der Waals surface area (Å²) in [4.78, 5) is 16.8. The molecular formula is C20H20F2N2O3. The van der Waals surface area contributed by atoms with Gasteiger partial charge in [-0.25, -0.2) is 13.8 Å². The summed E-state index contributed by atoms with van der Waals surface area (Å²) in [5, 5.41) is 2.75. The molecule has 4 rings (SSSR count). The maximum Gasteiger partial charge on any atom is 0.224 e. The Hall–Kier alpha value is -2.70. The average Bonchev–Trinajstić information content (AvgIpc) is 3.31. The Morgan fingerprint density at radius 2 is 2.30 bits per heavy atom. The number of amides is 1. The molecule has 0 saturated heterocycles. The molecule has 1 aliphatic carbocycles. The Kier molecular flexibility index (Phi) is 4.45. The molecule has 1 fully saturated rings. The van der Waals surface area contributed by atoms with E-state index in [2.05, 4.69) is 10.3 Å². The number of nitrogens with one attached hydrogen (secondary N) is 1. The molecule has 142 valence electrons. The van der Waals surface area contributed by atoms with E-state index >= 15 is 0 Å². The highest BCUT2D eigenvalue weighted by atomic mass is 19.1. The number of halogens is 2. The van der Waals surface area contributed by atoms with Crippen molar-refractivity contribution in [3.8, 4) is 11.6 Å². The van der Waals surface area contributed by atoms with E-state index in [1.807, 2.05) is 6.92 Å². The highest BCUT2D eigenvalue weighted by Gasteiger charge is 2.63. The lowest BCUT2D eigenvalue weighted by Gasteiger charge is -2.17.